The predicted molar refractivity (Wildman–Crippen MR) is 141 cm³/mol. The van der Waals surface area contributed by atoms with E-state index in [1.807, 2.05) is 54.6 Å². The molecule has 3 aromatic rings. The van der Waals surface area contributed by atoms with Crippen LogP contribution in [-0.2, 0) is 16.1 Å². The molecule has 0 spiro atoms. The number of nitrogens with zero attached hydrogens (tertiary/aromatic N) is 2. The van der Waals surface area contributed by atoms with Gasteiger partial charge in [0.1, 0.15) is 0 Å². The van der Waals surface area contributed by atoms with E-state index in [9.17, 15) is 24.8 Å². The SMILES string of the molecule is O=C1Nc2ccc([N+](=O)[O-])cc2/C1=C(/Nc1ccc(CN2CCC(C(=O)O)CC2)cc1)c1ccccc1. The van der Waals surface area contributed by atoms with Gasteiger partial charge in [-0.1, -0.05) is 42.5 Å². The van der Waals surface area contributed by atoms with Gasteiger partial charge in [-0.3, -0.25) is 24.6 Å². The standard InChI is InChI=1S/C28H26N4O5/c33-27-25(23-16-22(32(36)37)10-11-24(23)30-27)26(19-4-2-1-3-5-19)29-21-8-6-18(7-9-21)17-31-14-12-20(13-15-31)28(34)35/h1-11,16,20,29H,12-15,17H2,(H,30,33)(H,34,35)/b26-25-. The number of piperidine rings is 1. The van der Waals surface area contributed by atoms with Crippen molar-refractivity contribution in [2.45, 2.75) is 19.4 Å². The largest absolute Gasteiger partial charge is 0.481 e. The molecule has 5 rings (SSSR count). The van der Waals surface area contributed by atoms with Crippen molar-refractivity contribution in [2.24, 2.45) is 5.92 Å². The molecular weight excluding hydrogens is 472 g/mol. The summed E-state index contributed by atoms with van der Waals surface area (Å²) in [6.07, 6.45) is 1.31. The number of amides is 1. The van der Waals surface area contributed by atoms with Gasteiger partial charge in [-0.25, -0.2) is 0 Å². The van der Waals surface area contributed by atoms with Gasteiger partial charge >= 0.3 is 5.97 Å². The Morgan fingerprint density at radius 3 is 2.41 bits per heavy atom. The lowest BCUT2D eigenvalue weighted by atomic mass is 9.97. The Bertz CT molecular complexity index is 1380. The van der Waals surface area contributed by atoms with Crippen molar-refractivity contribution < 1.29 is 19.6 Å². The van der Waals surface area contributed by atoms with E-state index in [-0.39, 0.29) is 17.5 Å². The molecule has 0 radical (unpaired) electrons. The molecule has 9 nitrogen and oxygen atoms in total. The second-order valence-electron chi connectivity index (χ2n) is 9.27. The minimum atomic E-state index is -0.716. The first kappa shape index (κ1) is 24.2. The molecule has 1 amide bonds. The first-order valence-corrected chi connectivity index (χ1v) is 12.1. The monoisotopic (exact) mass is 498 g/mol. The van der Waals surface area contributed by atoms with Crippen LogP contribution in [0.25, 0.3) is 11.3 Å². The fourth-order valence-corrected chi connectivity index (χ4v) is 4.83. The number of carbonyl (C=O) groups is 2. The van der Waals surface area contributed by atoms with Crippen molar-refractivity contribution in [3.8, 4) is 0 Å². The number of anilines is 2. The fourth-order valence-electron chi connectivity index (χ4n) is 4.83. The highest BCUT2D eigenvalue weighted by Gasteiger charge is 2.30. The summed E-state index contributed by atoms with van der Waals surface area (Å²) in [7, 11) is 0. The van der Waals surface area contributed by atoms with Gasteiger partial charge < -0.3 is 15.7 Å². The number of benzene rings is 3. The zero-order chi connectivity index (χ0) is 25.9. The highest BCUT2D eigenvalue weighted by molar-refractivity contribution is 6.37. The molecule has 188 valence electrons. The number of carboxylic acids is 1. The van der Waals surface area contributed by atoms with E-state index in [4.69, 9.17) is 0 Å². The molecular formula is C28H26N4O5. The second kappa shape index (κ2) is 10.2. The van der Waals surface area contributed by atoms with Gasteiger partial charge in [0.25, 0.3) is 11.6 Å². The highest BCUT2D eigenvalue weighted by atomic mass is 16.6. The molecule has 0 saturated carbocycles. The van der Waals surface area contributed by atoms with Gasteiger partial charge in [0.15, 0.2) is 0 Å². The Morgan fingerprint density at radius 1 is 1.05 bits per heavy atom. The third-order valence-corrected chi connectivity index (χ3v) is 6.84. The van der Waals surface area contributed by atoms with E-state index in [0.717, 1.165) is 36.4 Å². The van der Waals surface area contributed by atoms with Crippen molar-refractivity contribution in [3.63, 3.8) is 0 Å². The zero-order valence-corrected chi connectivity index (χ0v) is 20.0. The number of aliphatic carboxylic acids is 1. The van der Waals surface area contributed by atoms with Crippen LogP contribution < -0.4 is 10.6 Å². The summed E-state index contributed by atoms with van der Waals surface area (Å²) >= 11 is 0. The van der Waals surface area contributed by atoms with Gasteiger partial charge in [-0.05, 0) is 55.3 Å². The second-order valence-corrected chi connectivity index (χ2v) is 9.27. The zero-order valence-electron chi connectivity index (χ0n) is 20.0. The average Bonchev–Trinajstić information content (AvgIpc) is 3.23. The van der Waals surface area contributed by atoms with E-state index >= 15 is 0 Å². The third-order valence-electron chi connectivity index (χ3n) is 6.84. The molecule has 2 aliphatic heterocycles. The van der Waals surface area contributed by atoms with Crippen LogP contribution in [-0.4, -0.2) is 39.9 Å². The summed E-state index contributed by atoms with van der Waals surface area (Å²) in [6.45, 7) is 2.24. The summed E-state index contributed by atoms with van der Waals surface area (Å²) in [5.41, 5.74) is 4.47. The third kappa shape index (κ3) is 5.22. The molecule has 0 aromatic heterocycles. The molecule has 2 aliphatic rings. The summed E-state index contributed by atoms with van der Waals surface area (Å²) in [5, 5.41) is 26.8. The number of likely N-dealkylation sites (tertiary alicyclic amines) is 1. The van der Waals surface area contributed by atoms with Crippen LogP contribution in [0.4, 0.5) is 17.1 Å². The Hall–Kier alpha value is -4.50. The lowest BCUT2D eigenvalue weighted by Gasteiger charge is -2.30. The molecule has 2 heterocycles. The molecule has 0 aliphatic carbocycles. The van der Waals surface area contributed by atoms with Gasteiger partial charge in [0, 0.05) is 35.6 Å². The van der Waals surface area contributed by atoms with Crippen LogP contribution in [0.5, 0.6) is 0 Å². The summed E-state index contributed by atoms with van der Waals surface area (Å²) < 4.78 is 0. The predicted octanol–water partition coefficient (Wildman–Crippen LogP) is 4.82. The maximum absolute atomic E-state index is 13.0. The number of nitro groups is 1. The molecule has 0 bridgehead atoms. The van der Waals surface area contributed by atoms with Crippen molar-refractivity contribution in [2.75, 3.05) is 23.7 Å². The van der Waals surface area contributed by atoms with E-state index in [1.165, 1.54) is 12.1 Å². The molecule has 37 heavy (non-hydrogen) atoms. The van der Waals surface area contributed by atoms with E-state index in [0.29, 0.717) is 35.4 Å². The van der Waals surface area contributed by atoms with E-state index < -0.39 is 10.9 Å². The maximum atomic E-state index is 13.0. The van der Waals surface area contributed by atoms with E-state index in [1.54, 1.807) is 6.07 Å². The lowest BCUT2D eigenvalue weighted by Crippen LogP contribution is -2.35. The van der Waals surface area contributed by atoms with Gasteiger partial charge in [0.2, 0.25) is 0 Å². The lowest BCUT2D eigenvalue weighted by molar-refractivity contribution is -0.384. The number of nitrogens with one attached hydrogen (secondary N) is 2. The number of fused-ring (bicyclic) bond motifs is 1. The number of nitro benzene ring substituents is 1. The van der Waals surface area contributed by atoms with Crippen LogP contribution in [0.2, 0.25) is 0 Å². The first-order valence-electron chi connectivity index (χ1n) is 12.1. The summed E-state index contributed by atoms with van der Waals surface area (Å²) in [5.74, 6) is -1.30. The molecule has 1 fully saturated rings. The molecule has 0 unspecified atom stereocenters. The number of hydrogen-bond acceptors (Lipinski definition) is 6. The van der Waals surface area contributed by atoms with Crippen molar-refractivity contribution in [1.29, 1.82) is 0 Å². The van der Waals surface area contributed by atoms with Crippen molar-refractivity contribution in [1.82, 2.24) is 4.90 Å². The maximum Gasteiger partial charge on any atom is 0.306 e. The Balaban J connectivity index is 1.42. The van der Waals surface area contributed by atoms with Gasteiger partial charge in [-0.2, -0.15) is 0 Å². The number of carbonyl (C=O) groups excluding carboxylic acids is 1. The summed E-state index contributed by atoms with van der Waals surface area (Å²) in [6, 6.07) is 21.6. The molecule has 3 aromatic carbocycles. The number of hydrogen-bond donors (Lipinski definition) is 3. The molecule has 1 saturated heterocycles. The van der Waals surface area contributed by atoms with Crippen molar-refractivity contribution >= 4 is 40.2 Å². The quantitative estimate of drug-likeness (QED) is 0.242. The summed E-state index contributed by atoms with van der Waals surface area (Å²) in [4.78, 5) is 37.4. The van der Waals surface area contributed by atoms with E-state index in [2.05, 4.69) is 15.5 Å². The number of rotatable bonds is 7. The van der Waals surface area contributed by atoms with Crippen LogP contribution in [0, 0.1) is 16.0 Å². The normalized spacial score (nSPS) is 17.1. The minimum Gasteiger partial charge on any atom is -0.481 e. The van der Waals surface area contributed by atoms with Crippen molar-refractivity contribution in [3.05, 3.63) is 99.6 Å². The number of non-ortho nitro benzene ring substituents is 1. The minimum absolute atomic E-state index is 0.0862. The molecule has 9 heteroatoms. The topological polar surface area (TPSA) is 125 Å². The Kier molecular flexibility index (Phi) is 6.70. The smallest absolute Gasteiger partial charge is 0.306 e. The van der Waals surface area contributed by atoms with Crippen LogP contribution >= 0.6 is 0 Å². The van der Waals surface area contributed by atoms with Crippen LogP contribution in [0.3, 0.4) is 0 Å². The fraction of sp³-hybridized carbons (Fsp3) is 0.214. The van der Waals surface area contributed by atoms with Gasteiger partial charge in [0.05, 0.1) is 22.1 Å². The highest BCUT2D eigenvalue weighted by Crippen LogP contribution is 2.39. The van der Waals surface area contributed by atoms with Crippen LogP contribution in [0.15, 0.2) is 72.8 Å². The first-order chi connectivity index (χ1) is 17.9. The molecule has 0 atom stereocenters. The number of carboxylic acid groups (broad SMARTS) is 1. The van der Waals surface area contributed by atoms with Crippen LogP contribution in [0.1, 0.15) is 29.5 Å². The Labute approximate surface area is 213 Å². The van der Waals surface area contributed by atoms with Gasteiger partial charge in [-0.15, -0.1) is 0 Å². The Morgan fingerprint density at radius 2 is 1.76 bits per heavy atom. The average molecular weight is 499 g/mol. The molecule has 3 N–H and O–H groups in total.